The van der Waals surface area contributed by atoms with Crippen LogP contribution in [0.15, 0.2) is 17.2 Å². The zero-order valence-electron chi connectivity index (χ0n) is 10.7. The van der Waals surface area contributed by atoms with Crippen LogP contribution in [0.25, 0.3) is 0 Å². The predicted molar refractivity (Wildman–Crippen MR) is 70.5 cm³/mol. The number of sulfonamides is 1. The van der Waals surface area contributed by atoms with E-state index in [1.165, 1.54) is 12.6 Å². The molecule has 0 saturated heterocycles. The lowest BCUT2D eigenvalue weighted by Crippen LogP contribution is -2.37. The van der Waals surface area contributed by atoms with E-state index < -0.39 is 10.0 Å². The van der Waals surface area contributed by atoms with Gasteiger partial charge in [0.2, 0.25) is 10.0 Å². The number of nitrogens with zero attached hydrogens (tertiary/aromatic N) is 1. The molecule has 18 heavy (non-hydrogen) atoms. The second kappa shape index (κ2) is 5.42. The van der Waals surface area contributed by atoms with Gasteiger partial charge >= 0.3 is 0 Å². The smallest absolute Gasteiger partial charge is 0.244 e. The van der Waals surface area contributed by atoms with Gasteiger partial charge in [-0.05, 0) is 24.8 Å². The molecule has 1 aromatic rings. The minimum absolute atomic E-state index is 0.323. The first-order valence-corrected chi connectivity index (χ1v) is 7.89. The van der Waals surface area contributed by atoms with E-state index in [2.05, 4.69) is 4.98 Å². The van der Waals surface area contributed by atoms with Gasteiger partial charge in [0.1, 0.15) is 0 Å². The molecule has 6 heteroatoms. The largest absolute Gasteiger partial charge is 0.363 e. The van der Waals surface area contributed by atoms with E-state index in [1.54, 1.807) is 10.4 Å². The highest BCUT2D eigenvalue weighted by atomic mass is 32.2. The molecular weight excluding hydrogens is 250 g/mol. The molecule has 2 rings (SSSR count). The van der Waals surface area contributed by atoms with Crippen molar-refractivity contribution in [2.75, 3.05) is 13.1 Å². The Balaban J connectivity index is 2.16. The molecule has 0 aromatic carbocycles. The van der Waals surface area contributed by atoms with Gasteiger partial charge in [-0.3, -0.25) is 0 Å². The lowest BCUT2D eigenvalue weighted by Gasteiger charge is -2.30. The van der Waals surface area contributed by atoms with Crippen LogP contribution in [-0.4, -0.2) is 30.8 Å². The molecule has 0 unspecified atom stereocenters. The number of H-pyrrole nitrogens is 1. The highest BCUT2D eigenvalue weighted by Gasteiger charge is 2.28. The van der Waals surface area contributed by atoms with Crippen LogP contribution >= 0.6 is 0 Å². The summed E-state index contributed by atoms with van der Waals surface area (Å²) in [6.45, 7) is 3.36. The van der Waals surface area contributed by atoms with Crippen LogP contribution in [0, 0.1) is 5.92 Å². The van der Waals surface area contributed by atoms with Crippen molar-refractivity contribution in [1.82, 2.24) is 9.29 Å². The molecule has 1 saturated carbocycles. The molecule has 0 spiro atoms. The van der Waals surface area contributed by atoms with Crippen molar-refractivity contribution >= 4 is 10.0 Å². The van der Waals surface area contributed by atoms with E-state index >= 15 is 0 Å². The predicted octanol–water partition coefficient (Wildman–Crippen LogP) is 1.28. The normalized spacial score (nSPS) is 17.1. The summed E-state index contributed by atoms with van der Waals surface area (Å²) in [5.41, 5.74) is 6.23. The van der Waals surface area contributed by atoms with Gasteiger partial charge < -0.3 is 10.7 Å². The van der Waals surface area contributed by atoms with Gasteiger partial charge in [0.25, 0.3) is 0 Å². The van der Waals surface area contributed by atoms with Gasteiger partial charge in [-0.25, -0.2) is 8.42 Å². The minimum Gasteiger partial charge on any atom is -0.363 e. The van der Waals surface area contributed by atoms with Crippen molar-refractivity contribution in [2.45, 2.75) is 37.6 Å². The summed E-state index contributed by atoms with van der Waals surface area (Å²) in [6, 6.07) is 1.62. The number of aromatic amines is 1. The summed E-state index contributed by atoms with van der Waals surface area (Å²) in [7, 11) is -3.37. The van der Waals surface area contributed by atoms with Crippen molar-refractivity contribution in [1.29, 1.82) is 0 Å². The maximum Gasteiger partial charge on any atom is 0.244 e. The number of aromatic nitrogens is 1. The Morgan fingerprint density at radius 3 is 2.67 bits per heavy atom. The molecule has 1 aromatic heterocycles. The molecule has 3 N–H and O–H groups in total. The fourth-order valence-electron chi connectivity index (χ4n) is 2.20. The van der Waals surface area contributed by atoms with Gasteiger partial charge in [-0.15, -0.1) is 0 Å². The van der Waals surface area contributed by atoms with Crippen LogP contribution in [0.3, 0.4) is 0 Å². The monoisotopic (exact) mass is 271 g/mol. The number of nitrogens with one attached hydrogen (secondary N) is 1. The van der Waals surface area contributed by atoms with Crippen LogP contribution in [0.2, 0.25) is 0 Å². The molecular formula is C12H21N3O2S. The van der Waals surface area contributed by atoms with E-state index in [-0.39, 0.29) is 0 Å². The summed E-state index contributed by atoms with van der Waals surface area (Å²) >= 11 is 0. The van der Waals surface area contributed by atoms with E-state index in [4.69, 9.17) is 5.73 Å². The van der Waals surface area contributed by atoms with E-state index in [0.29, 0.717) is 30.4 Å². The topological polar surface area (TPSA) is 79.2 Å². The van der Waals surface area contributed by atoms with Crippen LogP contribution in [-0.2, 0) is 16.6 Å². The molecule has 5 nitrogen and oxygen atoms in total. The lowest BCUT2D eigenvalue weighted by molar-refractivity contribution is 0.250. The molecule has 1 aliphatic rings. The molecule has 102 valence electrons. The van der Waals surface area contributed by atoms with Crippen LogP contribution < -0.4 is 5.73 Å². The highest BCUT2D eigenvalue weighted by Crippen LogP contribution is 2.29. The van der Waals surface area contributed by atoms with Crippen LogP contribution in [0.4, 0.5) is 0 Å². The Hall–Kier alpha value is -0.850. The fraction of sp³-hybridized carbons (Fsp3) is 0.667. The van der Waals surface area contributed by atoms with Gasteiger partial charge in [-0.1, -0.05) is 13.3 Å². The zero-order chi connectivity index (χ0) is 13.2. The molecule has 0 aliphatic heterocycles. The third kappa shape index (κ3) is 2.60. The minimum atomic E-state index is -3.37. The van der Waals surface area contributed by atoms with Crippen molar-refractivity contribution in [2.24, 2.45) is 11.7 Å². The summed E-state index contributed by atoms with van der Waals surface area (Å²) in [4.78, 5) is 3.21. The van der Waals surface area contributed by atoms with Crippen molar-refractivity contribution < 1.29 is 8.42 Å². The Morgan fingerprint density at radius 1 is 1.50 bits per heavy atom. The Bertz CT molecular complexity index is 491. The van der Waals surface area contributed by atoms with Gasteiger partial charge in [0, 0.05) is 31.5 Å². The molecule has 0 radical (unpaired) electrons. The molecule has 1 aliphatic carbocycles. The van der Waals surface area contributed by atoms with E-state index in [0.717, 1.165) is 18.5 Å². The Kier molecular flexibility index (Phi) is 4.09. The number of hydrogen-bond donors (Lipinski definition) is 2. The third-order valence-corrected chi connectivity index (χ3v) is 5.53. The molecule has 0 amide bonds. The van der Waals surface area contributed by atoms with Crippen molar-refractivity contribution in [3.8, 4) is 0 Å². The number of hydrogen-bond acceptors (Lipinski definition) is 3. The van der Waals surface area contributed by atoms with Crippen LogP contribution in [0.1, 0.15) is 31.9 Å². The lowest BCUT2D eigenvalue weighted by atomic mass is 9.85. The standard InChI is InChI=1S/C12H21N3O2S/c1-2-15(9-10-4-3-5-10)18(16,17)12-6-11(7-13)14-8-12/h6,8,10,14H,2-5,7,9,13H2,1H3. The number of rotatable bonds is 6. The summed E-state index contributed by atoms with van der Waals surface area (Å²) in [6.07, 6.45) is 5.05. The summed E-state index contributed by atoms with van der Waals surface area (Å²) < 4.78 is 26.4. The quantitative estimate of drug-likeness (QED) is 0.818. The fourth-order valence-corrected chi connectivity index (χ4v) is 3.74. The molecule has 1 fully saturated rings. The van der Waals surface area contributed by atoms with Gasteiger partial charge in [0.05, 0.1) is 4.90 Å². The molecule has 0 bridgehead atoms. The third-order valence-electron chi connectivity index (χ3n) is 3.61. The first-order chi connectivity index (χ1) is 8.57. The maximum absolute atomic E-state index is 12.4. The summed E-state index contributed by atoms with van der Waals surface area (Å²) in [5.74, 6) is 0.535. The maximum atomic E-state index is 12.4. The summed E-state index contributed by atoms with van der Waals surface area (Å²) in [5, 5.41) is 0. The SMILES string of the molecule is CCN(CC1CCC1)S(=O)(=O)c1c[nH]c(CN)c1. The molecule has 0 atom stereocenters. The number of nitrogens with two attached hydrogens (primary N) is 1. The van der Waals surface area contributed by atoms with Crippen molar-refractivity contribution in [3.63, 3.8) is 0 Å². The van der Waals surface area contributed by atoms with Crippen LogP contribution in [0.5, 0.6) is 0 Å². The first kappa shape index (κ1) is 13.6. The first-order valence-electron chi connectivity index (χ1n) is 6.45. The van der Waals surface area contributed by atoms with Gasteiger partial charge in [-0.2, -0.15) is 4.31 Å². The highest BCUT2D eigenvalue weighted by molar-refractivity contribution is 7.89. The second-order valence-electron chi connectivity index (χ2n) is 4.82. The average Bonchev–Trinajstić information content (AvgIpc) is 2.76. The zero-order valence-corrected chi connectivity index (χ0v) is 11.5. The Labute approximate surface area is 108 Å². The van der Waals surface area contributed by atoms with Gasteiger partial charge in [0.15, 0.2) is 0 Å². The Morgan fingerprint density at radius 2 is 2.22 bits per heavy atom. The van der Waals surface area contributed by atoms with E-state index in [1.807, 2.05) is 6.92 Å². The van der Waals surface area contributed by atoms with E-state index in [9.17, 15) is 8.42 Å². The van der Waals surface area contributed by atoms with Crippen molar-refractivity contribution in [3.05, 3.63) is 18.0 Å². The molecule has 1 heterocycles. The second-order valence-corrected chi connectivity index (χ2v) is 6.76. The average molecular weight is 271 g/mol.